The Morgan fingerprint density at radius 1 is 1.50 bits per heavy atom. The Balaban J connectivity index is 1.90. The minimum absolute atomic E-state index is 0.289. The van der Waals surface area contributed by atoms with Crippen molar-refractivity contribution in [2.24, 2.45) is 11.8 Å². The predicted octanol–water partition coefficient (Wildman–Crippen LogP) is 2.62. The van der Waals surface area contributed by atoms with E-state index in [1.165, 1.54) is 0 Å². The number of nitrogens with zero attached hydrogens (tertiary/aromatic N) is 1. The summed E-state index contributed by atoms with van der Waals surface area (Å²) in [6.45, 7) is 6.59. The fraction of sp³-hybridized carbons (Fsp3) is 0.800. The molecule has 0 aromatic carbocycles. The summed E-state index contributed by atoms with van der Waals surface area (Å²) in [5, 5.41) is 0. The molecular formula is C15H25NO2. The van der Waals surface area contributed by atoms with Crippen molar-refractivity contribution in [1.29, 1.82) is 0 Å². The van der Waals surface area contributed by atoms with Gasteiger partial charge >= 0.3 is 0 Å². The number of carbonyl (C=O) groups is 1. The van der Waals surface area contributed by atoms with Gasteiger partial charge in [-0.15, -0.1) is 0 Å². The van der Waals surface area contributed by atoms with E-state index in [0.29, 0.717) is 37.4 Å². The summed E-state index contributed by atoms with van der Waals surface area (Å²) in [4.78, 5) is 14.4. The molecule has 1 fully saturated rings. The molecular weight excluding hydrogens is 226 g/mol. The lowest BCUT2D eigenvalue weighted by Gasteiger charge is -2.37. The Morgan fingerprint density at radius 3 is 3.00 bits per heavy atom. The summed E-state index contributed by atoms with van der Waals surface area (Å²) in [6.07, 6.45) is 8.41. The summed E-state index contributed by atoms with van der Waals surface area (Å²) in [6, 6.07) is 0.289. The van der Waals surface area contributed by atoms with Crippen LogP contribution in [0.5, 0.6) is 0 Å². The zero-order chi connectivity index (χ0) is 13.0. The Labute approximate surface area is 110 Å². The molecule has 1 heterocycles. The van der Waals surface area contributed by atoms with E-state index in [1.807, 2.05) is 0 Å². The molecule has 0 spiro atoms. The van der Waals surface area contributed by atoms with Crippen LogP contribution < -0.4 is 0 Å². The first kappa shape index (κ1) is 13.6. The molecule has 0 bridgehead atoms. The van der Waals surface area contributed by atoms with Gasteiger partial charge < -0.3 is 9.64 Å². The van der Waals surface area contributed by atoms with Crippen molar-refractivity contribution in [2.75, 3.05) is 19.8 Å². The third kappa shape index (κ3) is 3.58. The fourth-order valence-electron chi connectivity index (χ4n) is 2.93. The van der Waals surface area contributed by atoms with E-state index in [-0.39, 0.29) is 6.04 Å². The second kappa shape index (κ2) is 6.37. The van der Waals surface area contributed by atoms with Gasteiger partial charge in [0.1, 0.15) is 0 Å². The zero-order valence-electron chi connectivity index (χ0n) is 11.6. The average Bonchev–Trinajstić information content (AvgIpc) is 2.81. The molecule has 0 aromatic heterocycles. The van der Waals surface area contributed by atoms with Crippen LogP contribution in [0.4, 0.5) is 0 Å². The van der Waals surface area contributed by atoms with Crippen LogP contribution in [0, 0.1) is 11.8 Å². The van der Waals surface area contributed by atoms with Crippen LogP contribution in [-0.4, -0.2) is 36.6 Å². The van der Waals surface area contributed by atoms with Crippen LogP contribution in [0.2, 0.25) is 0 Å². The monoisotopic (exact) mass is 251 g/mol. The first-order valence-corrected chi connectivity index (χ1v) is 7.20. The minimum atomic E-state index is 0.289. The summed E-state index contributed by atoms with van der Waals surface area (Å²) < 4.78 is 5.53. The summed E-state index contributed by atoms with van der Waals surface area (Å²) in [5.74, 6) is 1.40. The largest absolute Gasteiger partial charge is 0.377 e. The standard InChI is InChI=1S/C15H25NO2/c1-12(2)9-14-11-18-8-7-16(14)15(17)10-13-5-3-4-6-13/h3,5,12-14H,4,6-11H2,1-2H3/t13-,14+/m1/s1. The van der Waals surface area contributed by atoms with Crippen molar-refractivity contribution in [2.45, 2.75) is 45.6 Å². The van der Waals surface area contributed by atoms with Crippen LogP contribution in [-0.2, 0) is 9.53 Å². The van der Waals surface area contributed by atoms with Gasteiger partial charge in [0.15, 0.2) is 0 Å². The van der Waals surface area contributed by atoms with Gasteiger partial charge in [-0.25, -0.2) is 0 Å². The molecule has 0 saturated carbocycles. The maximum Gasteiger partial charge on any atom is 0.223 e. The normalized spacial score (nSPS) is 28.1. The average molecular weight is 251 g/mol. The van der Waals surface area contributed by atoms with Crippen molar-refractivity contribution in [3.8, 4) is 0 Å². The topological polar surface area (TPSA) is 29.5 Å². The Morgan fingerprint density at radius 2 is 2.33 bits per heavy atom. The van der Waals surface area contributed by atoms with Gasteiger partial charge in [0.25, 0.3) is 0 Å². The van der Waals surface area contributed by atoms with Crippen molar-refractivity contribution >= 4 is 5.91 Å². The van der Waals surface area contributed by atoms with Crippen molar-refractivity contribution in [1.82, 2.24) is 4.90 Å². The summed E-state index contributed by atoms with van der Waals surface area (Å²) in [5.41, 5.74) is 0. The molecule has 2 atom stereocenters. The van der Waals surface area contributed by atoms with E-state index in [9.17, 15) is 4.79 Å². The highest BCUT2D eigenvalue weighted by Crippen LogP contribution is 2.23. The Hall–Kier alpha value is -0.830. The maximum atomic E-state index is 12.4. The van der Waals surface area contributed by atoms with Gasteiger partial charge in [-0.05, 0) is 31.1 Å². The van der Waals surface area contributed by atoms with Gasteiger partial charge in [0.2, 0.25) is 5.91 Å². The molecule has 2 aliphatic rings. The lowest BCUT2D eigenvalue weighted by molar-refractivity contribution is -0.141. The number of ether oxygens (including phenoxy) is 1. The summed E-state index contributed by atoms with van der Waals surface area (Å²) in [7, 11) is 0. The van der Waals surface area contributed by atoms with Gasteiger partial charge in [0.05, 0.1) is 19.3 Å². The first-order valence-electron chi connectivity index (χ1n) is 7.20. The van der Waals surface area contributed by atoms with Gasteiger partial charge in [-0.2, -0.15) is 0 Å². The predicted molar refractivity (Wildman–Crippen MR) is 72.3 cm³/mol. The van der Waals surface area contributed by atoms with Crippen LogP contribution in [0.3, 0.4) is 0 Å². The van der Waals surface area contributed by atoms with E-state index < -0.39 is 0 Å². The van der Waals surface area contributed by atoms with Crippen LogP contribution in [0.25, 0.3) is 0 Å². The number of allylic oxidation sites excluding steroid dienone is 2. The lowest BCUT2D eigenvalue weighted by atomic mass is 9.99. The fourth-order valence-corrected chi connectivity index (χ4v) is 2.93. The Bertz CT molecular complexity index is 312. The highest BCUT2D eigenvalue weighted by atomic mass is 16.5. The number of hydrogen-bond donors (Lipinski definition) is 0. The molecule has 0 unspecified atom stereocenters. The molecule has 1 aliphatic carbocycles. The number of morpholine rings is 1. The van der Waals surface area contributed by atoms with Gasteiger partial charge in [0, 0.05) is 13.0 Å². The van der Waals surface area contributed by atoms with Gasteiger partial charge in [-0.1, -0.05) is 26.0 Å². The molecule has 1 aliphatic heterocycles. The molecule has 18 heavy (non-hydrogen) atoms. The third-order valence-corrected chi connectivity index (χ3v) is 3.84. The maximum absolute atomic E-state index is 12.4. The number of amides is 1. The molecule has 102 valence electrons. The van der Waals surface area contributed by atoms with Gasteiger partial charge in [-0.3, -0.25) is 4.79 Å². The van der Waals surface area contributed by atoms with Crippen molar-refractivity contribution < 1.29 is 9.53 Å². The SMILES string of the molecule is CC(C)C[C@H]1COCCN1C(=O)C[C@@H]1C=CCC1. The van der Waals surface area contributed by atoms with E-state index >= 15 is 0 Å². The highest BCUT2D eigenvalue weighted by molar-refractivity contribution is 5.77. The molecule has 2 rings (SSSR count). The van der Waals surface area contributed by atoms with E-state index in [2.05, 4.69) is 30.9 Å². The van der Waals surface area contributed by atoms with E-state index in [1.54, 1.807) is 0 Å². The molecule has 3 heteroatoms. The van der Waals surface area contributed by atoms with Crippen molar-refractivity contribution in [3.05, 3.63) is 12.2 Å². The molecule has 0 N–H and O–H groups in total. The third-order valence-electron chi connectivity index (χ3n) is 3.84. The second-order valence-electron chi connectivity index (χ2n) is 5.92. The number of carbonyl (C=O) groups excluding carboxylic acids is 1. The number of rotatable bonds is 4. The van der Waals surface area contributed by atoms with E-state index in [4.69, 9.17) is 4.74 Å². The molecule has 3 nitrogen and oxygen atoms in total. The Kier molecular flexibility index (Phi) is 4.81. The first-order chi connectivity index (χ1) is 8.66. The molecule has 1 saturated heterocycles. The quantitative estimate of drug-likeness (QED) is 0.719. The number of hydrogen-bond acceptors (Lipinski definition) is 2. The van der Waals surface area contributed by atoms with Crippen LogP contribution in [0.15, 0.2) is 12.2 Å². The summed E-state index contributed by atoms with van der Waals surface area (Å²) >= 11 is 0. The zero-order valence-corrected chi connectivity index (χ0v) is 11.6. The molecule has 0 radical (unpaired) electrons. The minimum Gasteiger partial charge on any atom is -0.377 e. The lowest BCUT2D eigenvalue weighted by Crippen LogP contribution is -2.49. The van der Waals surface area contributed by atoms with Crippen LogP contribution in [0.1, 0.15) is 39.5 Å². The smallest absolute Gasteiger partial charge is 0.223 e. The molecule has 1 amide bonds. The highest BCUT2D eigenvalue weighted by Gasteiger charge is 2.28. The molecule has 0 aromatic rings. The van der Waals surface area contributed by atoms with Crippen molar-refractivity contribution in [3.63, 3.8) is 0 Å². The van der Waals surface area contributed by atoms with Crippen LogP contribution >= 0.6 is 0 Å². The van der Waals surface area contributed by atoms with E-state index in [0.717, 1.165) is 25.8 Å². The second-order valence-corrected chi connectivity index (χ2v) is 5.92.